The first-order chi connectivity index (χ1) is 9.88. The second-order valence-corrected chi connectivity index (χ2v) is 3.92. The lowest BCUT2D eigenvalue weighted by atomic mass is 10.2. The van der Waals surface area contributed by atoms with Crippen molar-refractivity contribution >= 4 is 11.9 Å². The molecule has 0 unspecified atom stereocenters. The van der Waals surface area contributed by atoms with Crippen LogP contribution < -0.4 is 5.73 Å². The van der Waals surface area contributed by atoms with E-state index in [9.17, 15) is 9.59 Å². The van der Waals surface area contributed by atoms with Crippen molar-refractivity contribution in [3.63, 3.8) is 0 Å². The van der Waals surface area contributed by atoms with Crippen molar-refractivity contribution in [2.45, 2.75) is 12.2 Å². The molecule has 0 aliphatic carbocycles. The largest absolute Gasteiger partial charge is 0.505 e. The Morgan fingerprint density at radius 2 is 2.14 bits per heavy atom. The summed E-state index contributed by atoms with van der Waals surface area (Å²) in [5, 5.41) is 35.0. The maximum absolute atomic E-state index is 10.5. The van der Waals surface area contributed by atoms with Gasteiger partial charge in [0.1, 0.15) is 6.10 Å². The summed E-state index contributed by atoms with van der Waals surface area (Å²) in [5.41, 5.74) is 5.38. The normalized spacial score (nSPS) is 18.6. The van der Waals surface area contributed by atoms with Crippen molar-refractivity contribution in [2.75, 3.05) is 6.61 Å². The highest BCUT2D eigenvalue weighted by Gasteiger charge is 2.38. The van der Waals surface area contributed by atoms with Gasteiger partial charge in [-0.05, 0) is 12.1 Å². The van der Waals surface area contributed by atoms with Gasteiger partial charge in [0, 0.05) is 12.4 Å². The molecule has 9 nitrogen and oxygen atoms in total. The fourth-order valence-corrected chi connectivity index (χ4v) is 1.33. The minimum atomic E-state index is -1.42. The lowest BCUT2D eigenvalue weighted by Gasteiger charge is -2.13. The Balaban J connectivity index is 0.000000219. The molecule has 21 heavy (non-hydrogen) atoms. The first-order valence-corrected chi connectivity index (χ1v) is 5.70. The van der Waals surface area contributed by atoms with E-state index < -0.39 is 42.2 Å². The summed E-state index contributed by atoms with van der Waals surface area (Å²) in [7, 11) is 0. The Labute approximate surface area is 118 Å². The molecule has 2 rings (SSSR count). The molecule has 2 heterocycles. The zero-order valence-corrected chi connectivity index (χ0v) is 10.7. The van der Waals surface area contributed by atoms with Crippen molar-refractivity contribution in [1.29, 1.82) is 0 Å². The molecule has 1 aromatic rings. The predicted octanol–water partition coefficient (Wildman–Crippen LogP) is -1.23. The van der Waals surface area contributed by atoms with Crippen LogP contribution in [0.15, 0.2) is 36.0 Å². The number of pyridine rings is 1. The van der Waals surface area contributed by atoms with Crippen LogP contribution in [0.3, 0.4) is 0 Å². The van der Waals surface area contributed by atoms with Crippen molar-refractivity contribution < 1.29 is 34.8 Å². The molecular formula is C12H14N2O7. The van der Waals surface area contributed by atoms with E-state index in [1.165, 1.54) is 6.20 Å². The third-order valence-corrected chi connectivity index (χ3v) is 2.42. The van der Waals surface area contributed by atoms with E-state index in [4.69, 9.17) is 26.2 Å². The van der Waals surface area contributed by atoms with Gasteiger partial charge in [-0.3, -0.25) is 9.78 Å². The molecule has 0 saturated heterocycles. The van der Waals surface area contributed by atoms with Crippen LogP contribution in [-0.4, -0.2) is 56.1 Å². The monoisotopic (exact) mass is 298 g/mol. The quantitative estimate of drug-likeness (QED) is 0.433. The smallest absolute Gasteiger partial charge is 0.377 e. The number of aliphatic hydroxyl groups is 4. The van der Waals surface area contributed by atoms with E-state index in [0.717, 1.165) is 0 Å². The Morgan fingerprint density at radius 3 is 2.48 bits per heavy atom. The molecule has 0 spiro atoms. The number of hydrogen-bond donors (Lipinski definition) is 5. The number of aromatic nitrogens is 1. The van der Waals surface area contributed by atoms with Crippen molar-refractivity contribution in [3.05, 3.63) is 41.6 Å². The second kappa shape index (κ2) is 7.22. The van der Waals surface area contributed by atoms with Crippen LogP contribution in [0.5, 0.6) is 0 Å². The molecule has 1 aliphatic heterocycles. The van der Waals surface area contributed by atoms with Crippen LogP contribution >= 0.6 is 0 Å². The first-order valence-electron chi connectivity index (χ1n) is 5.70. The van der Waals surface area contributed by atoms with E-state index in [1.54, 1.807) is 18.3 Å². The third-order valence-electron chi connectivity index (χ3n) is 2.42. The van der Waals surface area contributed by atoms with Gasteiger partial charge in [-0.25, -0.2) is 4.79 Å². The lowest BCUT2D eigenvalue weighted by molar-refractivity contribution is -0.147. The van der Waals surface area contributed by atoms with Crippen LogP contribution in [0.2, 0.25) is 0 Å². The van der Waals surface area contributed by atoms with Gasteiger partial charge in [0.15, 0.2) is 11.9 Å². The fourth-order valence-electron chi connectivity index (χ4n) is 1.33. The number of primary amides is 1. The van der Waals surface area contributed by atoms with Crippen molar-refractivity contribution in [1.82, 2.24) is 4.98 Å². The molecule has 1 amide bonds. The van der Waals surface area contributed by atoms with Gasteiger partial charge >= 0.3 is 5.97 Å². The number of nitrogens with two attached hydrogens (primary N) is 1. The van der Waals surface area contributed by atoms with Crippen LogP contribution in [-0.2, 0) is 9.53 Å². The Morgan fingerprint density at radius 1 is 1.48 bits per heavy atom. The molecule has 6 N–H and O–H groups in total. The first kappa shape index (κ1) is 16.4. The average molecular weight is 298 g/mol. The minimum absolute atomic E-state index is 0.442. The third kappa shape index (κ3) is 4.16. The standard InChI is InChI=1S/C6H6N2O.C6H8O6/c7-6(9)5-2-1-3-8-4-5;7-1-2(8)5-3(9)4(10)6(11)12-5/h1-4H,(H2,7,9);2,5,7-10H,1H2/t;2-,5+/m.0/s1. The number of cyclic esters (lactones) is 1. The number of rotatable bonds is 3. The van der Waals surface area contributed by atoms with Crippen LogP contribution in [0.4, 0.5) is 0 Å². The number of esters is 1. The number of carbonyl (C=O) groups is 2. The molecular weight excluding hydrogens is 284 g/mol. The Hall–Kier alpha value is -2.65. The molecule has 0 aromatic carbocycles. The minimum Gasteiger partial charge on any atom is -0.505 e. The summed E-state index contributed by atoms with van der Waals surface area (Å²) in [6.07, 6.45) is 0.246. The summed E-state index contributed by atoms with van der Waals surface area (Å²) >= 11 is 0. The summed E-state index contributed by atoms with van der Waals surface area (Å²) in [4.78, 5) is 24.6. The number of hydrogen-bond acceptors (Lipinski definition) is 8. The average Bonchev–Trinajstić information content (AvgIpc) is 2.75. The molecule has 0 fully saturated rings. The summed E-state index contributed by atoms with van der Waals surface area (Å²) in [5.74, 6) is -3.22. The van der Waals surface area contributed by atoms with Gasteiger partial charge in [-0.2, -0.15) is 0 Å². The van der Waals surface area contributed by atoms with Gasteiger partial charge in [-0.1, -0.05) is 0 Å². The molecule has 0 saturated carbocycles. The van der Waals surface area contributed by atoms with Crippen LogP contribution in [0, 0.1) is 0 Å². The van der Waals surface area contributed by atoms with E-state index in [2.05, 4.69) is 9.72 Å². The summed E-state index contributed by atoms with van der Waals surface area (Å²) < 4.78 is 4.32. The van der Waals surface area contributed by atoms with Crippen molar-refractivity contribution in [2.24, 2.45) is 5.73 Å². The van der Waals surface area contributed by atoms with E-state index in [-0.39, 0.29) is 0 Å². The Bertz CT molecular complexity index is 544. The molecule has 2 atom stereocenters. The zero-order chi connectivity index (χ0) is 16.0. The predicted molar refractivity (Wildman–Crippen MR) is 68.0 cm³/mol. The fraction of sp³-hybridized carbons (Fsp3) is 0.250. The maximum atomic E-state index is 10.5. The highest BCUT2D eigenvalue weighted by Crippen LogP contribution is 2.20. The number of carbonyl (C=O) groups excluding carboxylic acids is 2. The topological polar surface area (TPSA) is 163 Å². The Kier molecular flexibility index (Phi) is 5.64. The number of aliphatic hydroxyl groups excluding tert-OH is 4. The lowest BCUT2D eigenvalue weighted by Crippen LogP contribution is -2.31. The SMILES string of the molecule is NC(=O)c1cccnc1.O=C1O[C@H]([C@@H](O)CO)C(O)=C1O. The summed E-state index contributed by atoms with van der Waals surface area (Å²) in [6, 6.07) is 3.29. The van der Waals surface area contributed by atoms with Gasteiger partial charge < -0.3 is 30.9 Å². The molecule has 0 radical (unpaired) electrons. The van der Waals surface area contributed by atoms with Crippen molar-refractivity contribution in [3.8, 4) is 0 Å². The molecule has 9 heteroatoms. The van der Waals surface area contributed by atoms with E-state index in [0.29, 0.717) is 5.56 Å². The maximum Gasteiger partial charge on any atom is 0.377 e. The second-order valence-electron chi connectivity index (χ2n) is 3.92. The van der Waals surface area contributed by atoms with Gasteiger partial charge in [0.2, 0.25) is 11.7 Å². The highest BCUT2D eigenvalue weighted by molar-refractivity contribution is 5.92. The van der Waals surface area contributed by atoms with Gasteiger partial charge in [-0.15, -0.1) is 0 Å². The zero-order valence-electron chi connectivity index (χ0n) is 10.7. The molecule has 114 valence electrons. The van der Waals surface area contributed by atoms with Crippen LogP contribution in [0.1, 0.15) is 10.4 Å². The van der Waals surface area contributed by atoms with E-state index >= 15 is 0 Å². The molecule has 1 aliphatic rings. The van der Waals surface area contributed by atoms with Crippen LogP contribution in [0.25, 0.3) is 0 Å². The molecule has 1 aromatic heterocycles. The number of nitrogens with zero attached hydrogens (tertiary/aromatic N) is 1. The van der Waals surface area contributed by atoms with Gasteiger partial charge in [0.25, 0.3) is 0 Å². The highest BCUT2D eigenvalue weighted by atomic mass is 16.6. The number of ether oxygens (including phenoxy) is 1. The molecule has 0 bridgehead atoms. The number of amides is 1. The van der Waals surface area contributed by atoms with Gasteiger partial charge in [0.05, 0.1) is 12.2 Å². The van der Waals surface area contributed by atoms with E-state index in [1.807, 2.05) is 0 Å². The summed E-state index contributed by atoms with van der Waals surface area (Å²) in [6.45, 7) is -0.671.